The third kappa shape index (κ3) is 4.68. The van der Waals surface area contributed by atoms with E-state index in [-0.39, 0.29) is 19.2 Å². The summed E-state index contributed by atoms with van der Waals surface area (Å²) in [6.07, 6.45) is 3.27. The Morgan fingerprint density at radius 1 is 1.06 bits per heavy atom. The maximum Gasteiger partial charge on any atom is 0.231 e. The second-order valence-electron chi connectivity index (χ2n) is 6.76. The average Bonchev–Trinajstić information content (AvgIpc) is 3.29. The number of fused-ring (bicyclic) bond motifs is 1. The Kier molecular flexibility index (Phi) is 5.86. The van der Waals surface area contributed by atoms with Crippen molar-refractivity contribution in [3.8, 4) is 29.1 Å². The van der Waals surface area contributed by atoms with Crippen LogP contribution in [0.2, 0.25) is 0 Å². The minimum Gasteiger partial charge on any atom is -0.496 e. The normalized spacial score (nSPS) is 11.9. The predicted molar refractivity (Wildman–Crippen MR) is 114 cm³/mol. The molecule has 0 N–H and O–H groups in total. The summed E-state index contributed by atoms with van der Waals surface area (Å²) in [6, 6.07) is 19.7. The van der Waals surface area contributed by atoms with Gasteiger partial charge in [-0.1, -0.05) is 12.1 Å². The number of methoxy groups -OCH3 is 1. The highest BCUT2D eigenvalue weighted by Gasteiger charge is 2.15. The molecule has 0 aromatic heterocycles. The van der Waals surface area contributed by atoms with Crippen LogP contribution in [0.3, 0.4) is 0 Å². The second-order valence-corrected chi connectivity index (χ2v) is 6.76. The van der Waals surface area contributed by atoms with Gasteiger partial charge in [-0.25, -0.2) is 0 Å². The first-order valence-corrected chi connectivity index (χ1v) is 9.58. The third-order valence-electron chi connectivity index (χ3n) is 4.77. The highest BCUT2D eigenvalue weighted by atomic mass is 16.7. The van der Waals surface area contributed by atoms with Gasteiger partial charge in [0.25, 0.3) is 0 Å². The van der Waals surface area contributed by atoms with Crippen molar-refractivity contribution in [3.05, 3.63) is 89.0 Å². The molecular formula is C25H19NO5. The number of hydrogen-bond acceptors (Lipinski definition) is 6. The van der Waals surface area contributed by atoms with Crippen molar-refractivity contribution >= 4 is 11.9 Å². The Balaban J connectivity index is 1.47. The van der Waals surface area contributed by atoms with Crippen LogP contribution in [0.25, 0.3) is 6.08 Å². The van der Waals surface area contributed by atoms with E-state index in [1.54, 1.807) is 55.7 Å². The number of nitrogens with zero attached hydrogens (tertiary/aromatic N) is 1. The molecule has 3 aromatic carbocycles. The molecule has 0 radical (unpaired) electrons. The number of carbonyl (C=O) groups excluding carboxylic acids is 1. The molecule has 3 aromatic rings. The summed E-state index contributed by atoms with van der Waals surface area (Å²) in [5.74, 6) is 2.42. The van der Waals surface area contributed by atoms with Crippen molar-refractivity contribution in [2.75, 3.05) is 13.9 Å². The van der Waals surface area contributed by atoms with Crippen molar-refractivity contribution in [2.45, 2.75) is 6.61 Å². The van der Waals surface area contributed by atoms with E-state index >= 15 is 0 Å². The predicted octanol–water partition coefficient (Wildman–Crippen LogP) is 4.77. The highest BCUT2D eigenvalue weighted by molar-refractivity contribution is 6.07. The summed E-state index contributed by atoms with van der Waals surface area (Å²) in [5, 5.41) is 8.89. The first-order chi connectivity index (χ1) is 15.2. The van der Waals surface area contributed by atoms with Crippen LogP contribution in [0, 0.1) is 11.3 Å². The molecule has 0 amide bonds. The number of ketones is 1. The Hall–Kier alpha value is -4.24. The van der Waals surface area contributed by atoms with Crippen molar-refractivity contribution in [3.63, 3.8) is 0 Å². The summed E-state index contributed by atoms with van der Waals surface area (Å²) in [7, 11) is 1.60. The molecule has 6 heteroatoms. The molecule has 0 bridgehead atoms. The van der Waals surface area contributed by atoms with Gasteiger partial charge in [-0.05, 0) is 66.2 Å². The fourth-order valence-electron chi connectivity index (χ4n) is 3.12. The summed E-state index contributed by atoms with van der Waals surface area (Å²) >= 11 is 0. The van der Waals surface area contributed by atoms with E-state index in [0.29, 0.717) is 34.1 Å². The quantitative estimate of drug-likeness (QED) is 0.410. The van der Waals surface area contributed by atoms with Gasteiger partial charge < -0.3 is 18.9 Å². The fourth-order valence-corrected chi connectivity index (χ4v) is 3.12. The molecule has 1 aliphatic rings. The summed E-state index contributed by atoms with van der Waals surface area (Å²) in [6.45, 7) is 0.453. The Bertz CT molecular complexity index is 1180. The zero-order valence-corrected chi connectivity index (χ0v) is 16.8. The lowest BCUT2D eigenvalue weighted by Crippen LogP contribution is -1.99. The van der Waals surface area contributed by atoms with E-state index in [2.05, 4.69) is 6.07 Å². The second kappa shape index (κ2) is 9.06. The molecule has 0 unspecified atom stereocenters. The summed E-state index contributed by atoms with van der Waals surface area (Å²) < 4.78 is 21.8. The molecule has 0 saturated carbocycles. The van der Waals surface area contributed by atoms with Crippen molar-refractivity contribution in [1.82, 2.24) is 0 Å². The molecule has 0 atom stereocenters. The SMILES string of the molecule is COc1ccc(/C=C/C(=O)c2ccc3c(c2)OCO3)cc1COc1ccc(C#N)cc1. The molecule has 1 heterocycles. The number of ether oxygens (including phenoxy) is 4. The monoisotopic (exact) mass is 413 g/mol. The fraction of sp³-hybridized carbons (Fsp3) is 0.120. The van der Waals surface area contributed by atoms with Crippen molar-refractivity contribution in [1.29, 1.82) is 5.26 Å². The zero-order valence-electron chi connectivity index (χ0n) is 16.8. The lowest BCUT2D eigenvalue weighted by molar-refractivity contribution is 0.104. The number of hydrogen-bond donors (Lipinski definition) is 0. The van der Waals surface area contributed by atoms with Crippen LogP contribution in [-0.4, -0.2) is 19.7 Å². The maximum atomic E-state index is 12.5. The first-order valence-electron chi connectivity index (χ1n) is 9.58. The van der Waals surface area contributed by atoms with Crippen molar-refractivity contribution < 1.29 is 23.7 Å². The van der Waals surface area contributed by atoms with Crippen LogP contribution in [0.4, 0.5) is 0 Å². The molecule has 0 spiro atoms. The molecule has 4 rings (SSSR count). The van der Waals surface area contributed by atoms with E-state index in [1.807, 2.05) is 18.2 Å². The Morgan fingerprint density at radius 2 is 1.87 bits per heavy atom. The minimum absolute atomic E-state index is 0.135. The van der Waals surface area contributed by atoms with E-state index < -0.39 is 0 Å². The van der Waals surface area contributed by atoms with E-state index in [9.17, 15) is 4.79 Å². The van der Waals surface area contributed by atoms with Gasteiger partial charge in [0.05, 0.1) is 18.7 Å². The molecular weight excluding hydrogens is 394 g/mol. The van der Waals surface area contributed by atoms with Gasteiger partial charge in [0.1, 0.15) is 18.1 Å². The Morgan fingerprint density at radius 3 is 2.65 bits per heavy atom. The molecule has 1 aliphatic heterocycles. The molecule has 6 nitrogen and oxygen atoms in total. The lowest BCUT2D eigenvalue weighted by atomic mass is 10.1. The number of rotatable bonds is 7. The number of allylic oxidation sites excluding steroid dienone is 1. The van der Waals surface area contributed by atoms with Crippen LogP contribution < -0.4 is 18.9 Å². The van der Waals surface area contributed by atoms with Gasteiger partial charge in [0.2, 0.25) is 6.79 Å². The van der Waals surface area contributed by atoms with Crippen LogP contribution in [0.15, 0.2) is 66.7 Å². The van der Waals surface area contributed by atoms with E-state index in [0.717, 1.165) is 11.1 Å². The summed E-state index contributed by atoms with van der Waals surface area (Å²) in [4.78, 5) is 12.5. The number of benzene rings is 3. The summed E-state index contributed by atoms with van der Waals surface area (Å²) in [5.41, 5.74) is 2.78. The van der Waals surface area contributed by atoms with E-state index in [4.69, 9.17) is 24.2 Å². The molecule has 0 aliphatic carbocycles. The lowest BCUT2D eigenvalue weighted by Gasteiger charge is -2.11. The van der Waals surface area contributed by atoms with Gasteiger partial charge >= 0.3 is 0 Å². The van der Waals surface area contributed by atoms with Crippen LogP contribution >= 0.6 is 0 Å². The zero-order chi connectivity index (χ0) is 21.6. The smallest absolute Gasteiger partial charge is 0.231 e. The largest absolute Gasteiger partial charge is 0.496 e. The van der Waals surface area contributed by atoms with Gasteiger partial charge in [0, 0.05) is 11.1 Å². The molecule has 31 heavy (non-hydrogen) atoms. The first kappa shape index (κ1) is 20.0. The highest BCUT2D eigenvalue weighted by Crippen LogP contribution is 2.32. The molecule has 0 saturated heterocycles. The number of carbonyl (C=O) groups is 1. The minimum atomic E-state index is -0.135. The van der Waals surface area contributed by atoms with Gasteiger partial charge in [-0.2, -0.15) is 5.26 Å². The van der Waals surface area contributed by atoms with Gasteiger partial charge in [0.15, 0.2) is 17.3 Å². The third-order valence-corrected chi connectivity index (χ3v) is 4.77. The maximum absolute atomic E-state index is 12.5. The average molecular weight is 413 g/mol. The molecule has 0 fully saturated rings. The van der Waals surface area contributed by atoms with Crippen LogP contribution in [0.1, 0.15) is 27.0 Å². The van der Waals surface area contributed by atoms with Gasteiger partial charge in [-0.15, -0.1) is 0 Å². The van der Waals surface area contributed by atoms with Crippen LogP contribution in [0.5, 0.6) is 23.0 Å². The van der Waals surface area contributed by atoms with Crippen LogP contribution in [-0.2, 0) is 6.61 Å². The Labute approximate surface area is 179 Å². The van der Waals surface area contributed by atoms with Crippen molar-refractivity contribution in [2.24, 2.45) is 0 Å². The molecule has 154 valence electrons. The number of nitriles is 1. The van der Waals surface area contributed by atoms with E-state index in [1.165, 1.54) is 6.08 Å². The standard InChI is InChI=1S/C25H19NO5/c1-28-23-10-5-17(12-20(23)15-29-21-7-2-18(14-26)3-8-21)4-9-22(27)19-6-11-24-25(13-19)31-16-30-24/h2-13H,15-16H2,1H3/b9-4+. The van der Waals surface area contributed by atoms with Gasteiger partial charge in [-0.3, -0.25) is 4.79 Å². The topological polar surface area (TPSA) is 77.8 Å².